The van der Waals surface area contributed by atoms with Crippen molar-refractivity contribution in [1.82, 2.24) is 0 Å². The average molecular weight is 355 g/mol. The van der Waals surface area contributed by atoms with Gasteiger partial charge in [0, 0.05) is 6.42 Å². The van der Waals surface area contributed by atoms with E-state index >= 15 is 0 Å². The Morgan fingerprint density at radius 3 is 1.72 bits per heavy atom. The van der Waals surface area contributed by atoms with Crippen molar-refractivity contribution in [3.63, 3.8) is 0 Å². The first kappa shape index (κ1) is 24.5. The van der Waals surface area contributed by atoms with Gasteiger partial charge in [-0.3, -0.25) is 4.79 Å². The van der Waals surface area contributed by atoms with E-state index in [0.717, 1.165) is 18.8 Å². The van der Waals surface area contributed by atoms with Crippen LogP contribution in [0.15, 0.2) is 0 Å². The number of carbonyl (C=O) groups is 1. The molecule has 0 amide bonds. The highest BCUT2D eigenvalue weighted by Gasteiger charge is 2.02. The van der Waals surface area contributed by atoms with Gasteiger partial charge in [0.25, 0.3) is 0 Å². The summed E-state index contributed by atoms with van der Waals surface area (Å²) < 4.78 is 5.33. The minimum Gasteiger partial charge on any atom is -0.466 e. The minimum absolute atomic E-state index is 0.0133. The van der Waals surface area contributed by atoms with Crippen LogP contribution in [0.4, 0.5) is 0 Å². The fourth-order valence-electron chi connectivity index (χ4n) is 3.20. The minimum atomic E-state index is 0.0133. The van der Waals surface area contributed by atoms with Gasteiger partial charge in [0.2, 0.25) is 0 Å². The molecule has 0 atom stereocenters. The quantitative estimate of drug-likeness (QED) is 0.174. The number of ether oxygens (including phenoxy) is 1. The van der Waals surface area contributed by atoms with Crippen LogP contribution in [0.5, 0.6) is 0 Å². The van der Waals surface area contributed by atoms with Gasteiger partial charge >= 0.3 is 5.97 Å². The van der Waals surface area contributed by atoms with E-state index in [-0.39, 0.29) is 5.97 Å². The normalized spacial score (nSPS) is 11.2. The molecule has 0 aromatic heterocycles. The second kappa shape index (κ2) is 19.8. The summed E-state index contributed by atoms with van der Waals surface area (Å²) in [6.45, 7) is 7.46. The highest BCUT2D eigenvalue weighted by atomic mass is 16.5. The fourth-order valence-corrected chi connectivity index (χ4v) is 3.20. The first-order valence-corrected chi connectivity index (χ1v) is 11.3. The Kier molecular flexibility index (Phi) is 19.4. The SMILES string of the molecule is CCCCCCCCCCCCC(=O)OCCCCCCCC(C)C. The third-order valence-electron chi connectivity index (χ3n) is 4.92. The Balaban J connectivity index is 3.16. The van der Waals surface area contributed by atoms with Gasteiger partial charge in [-0.15, -0.1) is 0 Å². The van der Waals surface area contributed by atoms with Crippen molar-refractivity contribution in [2.45, 2.75) is 130 Å². The Morgan fingerprint density at radius 2 is 1.16 bits per heavy atom. The molecule has 0 aliphatic carbocycles. The van der Waals surface area contributed by atoms with E-state index in [9.17, 15) is 4.79 Å². The lowest BCUT2D eigenvalue weighted by molar-refractivity contribution is -0.143. The highest BCUT2D eigenvalue weighted by molar-refractivity contribution is 5.69. The number of rotatable bonds is 19. The standard InChI is InChI=1S/C23H46O2/c1-4-5-6-7-8-9-10-11-14-17-20-23(24)25-21-18-15-12-13-16-19-22(2)3/h22H,4-21H2,1-3H3. The van der Waals surface area contributed by atoms with Crippen LogP contribution in [0.25, 0.3) is 0 Å². The third-order valence-corrected chi connectivity index (χ3v) is 4.92. The van der Waals surface area contributed by atoms with Crippen molar-refractivity contribution >= 4 is 5.97 Å². The molecule has 25 heavy (non-hydrogen) atoms. The predicted molar refractivity (Wildman–Crippen MR) is 110 cm³/mol. The van der Waals surface area contributed by atoms with Gasteiger partial charge in [0.15, 0.2) is 0 Å². The molecule has 0 unspecified atom stereocenters. The van der Waals surface area contributed by atoms with Crippen molar-refractivity contribution in [1.29, 1.82) is 0 Å². The molecule has 0 saturated heterocycles. The molecule has 2 nitrogen and oxygen atoms in total. The van der Waals surface area contributed by atoms with Gasteiger partial charge in [0.05, 0.1) is 6.61 Å². The molecule has 0 aromatic carbocycles. The summed E-state index contributed by atoms with van der Waals surface area (Å²) in [7, 11) is 0. The van der Waals surface area contributed by atoms with E-state index in [2.05, 4.69) is 20.8 Å². The molecule has 150 valence electrons. The summed E-state index contributed by atoms with van der Waals surface area (Å²) in [5.74, 6) is 0.839. The molecular formula is C23H46O2. The Labute approximate surface area is 158 Å². The van der Waals surface area contributed by atoms with Crippen LogP contribution in [-0.2, 0) is 9.53 Å². The van der Waals surface area contributed by atoms with Gasteiger partial charge < -0.3 is 4.74 Å². The first-order chi connectivity index (χ1) is 12.2. The van der Waals surface area contributed by atoms with Crippen molar-refractivity contribution in [2.75, 3.05) is 6.61 Å². The van der Waals surface area contributed by atoms with E-state index in [4.69, 9.17) is 4.74 Å². The number of hydrogen-bond donors (Lipinski definition) is 0. The molecule has 0 rings (SSSR count). The van der Waals surface area contributed by atoms with Gasteiger partial charge in [-0.1, -0.05) is 111 Å². The largest absolute Gasteiger partial charge is 0.466 e. The molecule has 2 heteroatoms. The Morgan fingerprint density at radius 1 is 0.680 bits per heavy atom. The van der Waals surface area contributed by atoms with Crippen LogP contribution >= 0.6 is 0 Å². The van der Waals surface area contributed by atoms with Crippen LogP contribution in [0.3, 0.4) is 0 Å². The second-order valence-electron chi connectivity index (χ2n) is 8.10. The maximum absolute atomic E-state index is 11.7. The molecule has 0 N–H and O–H groups in total. The molecular weight excluding hydrogens is 308 g/mol. The smallest absolute Gasteiger partial charge is 0.305 e. The van der Waals surface area contributed by atoms with E-state index in [1.54, 1.807) is 0 Å². The van der Waals surface area contributed by atoms with Crippen molar-refractivity contribution in [2.24, 2.45) is 5.92 Å². The van der Waals surface area contributed by atoms with Gasteiger partial charge in [-0.25, -0.2) is 0 Å². The van der Waals surface area contributed by atoms with Crippen LogP contribution in [-0.4, -0.2) is 12.6 Å². The molecule has 0 spiro atoms. The van der Waals surface area contributed by atoms with E-state index in [1.165, 1.54) is 89.9 Å². The summed E-state index contributed by atoms with van der Waals surface area (Å²) in [6, 6.07) is 0. The highest BCUT2D eigenvalue weighted by Crippen LogP contribution is 2.12. The second-order valence-corrected chi connectivity index (χ2v) is 8.10. The summed E-state index contributed by atoms with van der Waals surface area (Å²) in [6.07, 6.45) is 21.2. The monoisotopic (exact) mass is 354 g/mol. The van der Waals surface area contributed by atoms with Crippen LogP contribution in [0, 0.1) is 5.92 Å². The number of esters is 1. The molecule has 0 fully saturated rings. The summed E-state index contributed by atoms with van der Waals surface area (Å²) in [5.41, 5.74) is 0. The molecule has 0 radical (unpaired) electrons. The van der Waals surface area contributed by atoms with Gasteiger partial charge in [0.1, 0.15) is 0 Å². The molecule has 0 aromatic rings. The zero-order chi connectivity index (χ0) is 18.6. The van der Waals surface area contributed by atoms with Crippen LogP contribution < -0.4 is 0 Å². The summed E-state index contributed by atoms with van der Waals surface area (Å²) >= 11 is 0. The zero-order valence-electron chi connectivity index (χ0n) is 17.6. The lowest BCUT2D eigenvalue weighted by Crippen LogP contribution is -2.05. The maximum Gasteiger partial charge on any atom is 0.305 e. The lowest BCUT2D eigenvalue weighted by Gasteiger charge is -2.06. The van der Waals surface area contributed by atoms with E-state index in [0.29, 0.717) is 13.0 Å². The number of unbranched alkanes of at least 4 members (excludes halogenated alkanes) is 13. The van der Waals surface area contributed by atoms with Crippen LogP contribution in [0.2, 0.25) is 0 Å². The zero-order valence-corrected chi connectivity index (χ0v) is 17.6. The van der Waals surface area contributed by atoms with Gasteiger partial charge in [-0.2, -0.15) is 0 Å². The Bertz CT molecular complexity index is 273. The average Bonchev–Trinajstić information content (AvgIpc) is 2.58. The lowest BCUT2D eigenvalue weighted by atomic mass is 10.0. The third kappa shape index (κ3) is 21.4. The molecule has 0 heterocycles. The van der Waals surface area contributed by atoms with Crippen molar-refractivity contribution < 1.29 is 9.53 Å². The molecule has 0 saturated carbocycles. The van der Waals surface area contributed by atoms with E-state index < -0.39 is 0 Å². The van der Waals surface area contributed by atoms with Gasteiger partial charge in [-0.05, 0) is 18.8 Å². The van der Waals surface area contributed by atoms with Crippen molar-refractivity contribution in [3.8, 4) is 0 Å². The van der Waals surface area contributed by atoms with E-state index in [1.807, 2.05) is 0 Å². The first-order valence-electron chi connectivity index (χ1n) is 11.3. The maximum atomic E-state index is 11.7. The molecule has 0 aliphatic heterocycles. The predicted octanol–water partition coefficient (Wildman–Crippen LogP) is 7.84. The molecule has 0 aliphatic rings. The fraction of sp³-hybridized carbons (Fsp3) is 0.957. The number of hydrogen-bond acceptors (Lipinski definition) is 2. The Hall–Kier alpha value is -0.530. The number of carbonyl (C=O) groups excluding carboxylic acids is 1. The molecule has 0 bridgehead atoms. The summed E-state index contributed by atoms with van der Waals surface area (Å²) in [5, 5.41) is 0. The summed E-state index contributed by atoms with van der Waals surface area (Å²) in [4.78, 5) is 11.7. The topological polar surface area (TPSA) is 26.3 Å². The van der Waals surface area contributed by atoms with Crippen LogP contribution in [0.1, 0.15) is 130 Å². The van der Waals surface area contributed by atoms with Crippen molar-refractivity contribution in [3.05, 3.63) is 0 Å².